The molecule has 1 atom stereocenters. The Bertz CT molecular complexity index is 561. The van der Waals surface area contributed by atoms with E-state index in [-0.39, 0.29) is 21.9 Å². The van der Waals surface area contributed by atoms with Gasteiger partial charge in [0, 0.05) is 12.1 Å². The van der Waals surface area contributed by atoms with E-state index in [9.17, 15) is 12.8 Å². The van der Waals surface area contributed by atoms with E-state index in [0.29, 0.717) is 6.54 Å². The quantitative estimate of drug-likeness (QED) is 0.805. The van der Waals surface area contributed by atoms with E-state index in [4.69, 9.17) is 5.11 Å². The second kappa shape index (κ2) is 7.40. The maximum Gasteiger partial charge on any atom is 0.240 e. The number of rotatable bonds is 7. The number of aliphatic hydroxyl groups excluding tert-OH is 1. The Morgan fingerprint density at radius 3 is 2.65 bits per heavy atom. The first-order valence-corrected chi connectivity index (χ1v) is 9.08. The van der Waals surface area contributed by atoms with Gasteiger partial charge < -0.3 is 5.11 Å². The van der Waals surface area contributed by atoms with Crippen molar-refractivity contribution in [2.24, 2.45) is 5.92 Å². The molecule has 0 radical (unpaired) electrons. The molecule has 0 heterocycles. The molecule has 1 rings (SSSR count). The summed E-state index contributed by atoms with van der Waals surface area (Å²) in [6, 6.07) is 2.44. The highest BCUT2D eigenvalue weighted by atomic mass is 32.2. The van der Waals surface area contributed by atoms with Gasteiger partial charge in [0.25, 0.3) is 0 Å². The fourth-order valence-corrected chi connectivity index (χ4v) is 3.74. The first kappa shape index (κ1) is 17.4. The van der Waals surface area contributed by atoms with Gasteiger partial charge in [-0.1, -0.05) is 6.92 Å². The second-order valence-corrected chi connectivity index (χ2v) is 7.46. The molecule has 20 heavy (non-hydrogen) atoms. The molecule has 0 saturated heterocycles. The maximum absolute atomic E-state index is 13.6. The molecular formula is C13H20FNO3S2. The molecule has 7 heteroatoms. The average Bonchev–Trinajstić information content (AvgIpc) is 2.39. The lowest BCUT2D eigenvalue weighted by Crippen LogP contribution is -2.29. The second-order valence-electron chi connectivity index (χ2n) is 4.78. The third kappa shape index (κ3) is 4.44. The van der Waals surface area contributed by atoms with Crippen LogP contribution in [-0.2, 0) is 16.6 Å². The van der Waals surface area contributed by atoms with Crippen LogP contribution in [0.1, 0.15) is 18.1 Å². The van der Waals surface area contributed by atoms with Crippen LogP contribution in [0.15, 0.2) is 17.0 Å². The molecule has 2 N–H and O–H groups in total. The van der Waals surface area contributed by atoms with Crippen molar-refractivity contribution in [3.8, 4) is 0 Å². The number of halogens is 1. The Morgan fingerprint density at radius 2 is 2.10 bits per heavy atom. The number of benzene rings is 1. The minimum atomic E-state index is -3.68. The summed E-state index contributed by atoms with van der Waals surface area (Å²) in [5.74, 6) is 0.494. The normalized spacial score (nSPS) is 13.4. The van der Waals surface area contributed by atoms with E-state index in [1.807, 2.05) is 13.2 Å². The maximum atomic E-state index is 13.6. The van der Waals surface area contributed by atoms with Crippen molar-refractivity contribution in [2.45, 2.75) is 25.3 Å². The van der Waals surface area contributed by atoms with Crippen LogP contribution >= 0.6 is 11.8 Å². The monoisotopic (exact) mass is 321 g/mol. The van der Waals surface area contributed by atoms with Gasteiger partial charge in [0.1, 0.15) is 5.82 Å². The summed E-state index contributed by atoms with van der Waals surface area (Å²) in [5.41, 5.74) is 0.191. The molecule has 0 aromatic heterocycles. The standard InChI is InChI=1S/C13H20FNO3S2/c1-9(8-19-3)6-15-20(17,18)12-4-10(2)13(14)11(5-12)7-16/h4-5,9,15-16H,6-8H2,1-3H3. The molecule has 0 fully saturated rings. The Morgan fingerprint density at radius 1 is 1.45 bits per heavy atom. The highest BCUT2D eigenvalue weighted by molar-refractivity contribution is 7.98. The van der Waals surface area contributed by atoms with Gasteiger partial charge >= 0.3 is 0 Å². The van der Waals surface area contributed by atoms with Crippen LogP contribution in [0.5, 0.6) is 0 Å². The highest BCUT2D eigenvalue weighted by Gasteiger charge is 2.18. The van der Waals surface area contributed by atoms with Gasteiger partial charge in [-0.25, -0.2) is 17.5 Å². The molecule has 114 valence electrons. The van der Waals surface area contributed by atoms with Gasteiger partial charge in [0.05, 0.1) is 11.5 Å². The molecule has 0 aliphatic rings. The largest absolute Gasteiger partial charge is 0.392 e. The topological polar surface area (TPSA) is 66.4 Å². The van der Waals surface area contributed by atoms with E-state index < -0.39 is 22.4 Å². The summed E-state index contributed by atoms with van der Waals surface area (Å²) in [5, 5.41) is 9.06. The van der Waals surface area contributed by atoms with Crippen molar-refractivity contribution in [2.75, 3.05) is 18.6 Å². The van der Waals surface area contributed by atoms with E-state index >= 15 is 0 Å². The molecular weight excluding hydrogens is 301 g/mol. The van der Waals surface area contributed by atoms with Gasteiger partial charge in [0.15, 0.2) is 0 Å². The van der Waals surface area contributed by atoms with Crippen LogP contribution in [0.3, 0.4) is 0 Å². The molecule has 1 aromatic rings. The predicted molar refractivity (Wildman–Crippen MR) is 79.8 cm³/mol. The lowest BCUT2D eigenvalue weighted by molar-refractivity contribution is 0.275. The van der Waals surface area contributed by atoms with Crippen molar-refractivity contribution in [1.29, 1.82) is 0 Å². The van der Waals surface area contributed by atoms with Gasteiger partial charge in [-0.15, -0.1) is 0 Å². The Labute approximate surface area is 123 Å². The zero-order valence-electron chi connectivity index (χ0n) is 11.8. The van der Waals surface area contributed by atoms with Crippen LogP contribution in [-0.4, -0.2) is 32.1 Å². The molecule has 0 spiro atoms. The first-order chi connectivity index (χ1) is 9.31. The average molecular weight is 321 g/mol. The number of sulfonamides is 1. The molecule has 1 aromatic carbocycles. The number of hydrogen-bond donors (Lipinski definition) is 2. The lowest BCUT2D eigenvalue weighted by Gasteiger charge is -2.13. The van der Waals surface area contributed by atoms with Crippen LogP contribution < -0.4 is 4.72 Å². The van der Waals surface area contributed by atoms with E-state index in [1.54, 1.807) is 11.8 Å². The number of hydrogen-bond acceptors (Lipinski definition) is 4. The predicted octanol–water partition coefficient (Wildman–Crippen LogP) is 1.90. The summed E-state index contributed by atoms with van der Waals surface area (Å²) < 4.78 is 40.4. The Hall–Kier alpha value is -0.630. The summed E-state index contributed by atoms with van der Waals surface area (Å²) in [6.07, 6.45) is 1.96. The van der Waals surface area contributed by atoms with Gasteiger partial charge in [0.2, 0.25) is 10.0 Å². The number of nitrogens with one attached hydrogen (secondary N) is 1. The SMILES string of the molecule is CSCC(C)CNS(=O)(=O)c1cc(C)c(F)c(CO)c1. The zero-order valence-corrected chi connectivity index (χ0v) is 13.4. The Balaban J connectivity index is 2.95. The fourth-order valence-electron chi connectivity index (χ4n) is 1.76. The van der Waals surface area contributed by atoms with Crippen molar-refractivity contribution in [3.63, 3.8) is 0 Å². The molecule has 0 aliphatic carbocycles. The Kier molecular flexibility index (Phi) is 6.44. The third-order valence-electron chi connectivity index (χ3n) is 2.86. The molecule has 0 aliphatic heterocycles. The molecule has 0 amide bonds. The highest BCUT2D eigenvalue weighted by Crippen LogP contribution is 2.19. The smallest absolute Gasteiger partial charge is 0.240 e. The number of aliphatic hydroxyl groups is 1. The molecule has 0 saturated carbocycles. The van der Waals surface area contributed by atoms with Gasteiger partial charge in [-0.3, -0.25) is 0 Å². The van der Waals surface area contributed by atoms with Gasteiger partial charge in [-0.05, 0) is 42.5 Å². The minimum absolute atomic E-state index is 0.0115. The van der Waals surface area contributed by atoms with Crippen molar-refractivity contribution in [1.82, 2.24) is 4.72 Å². The zero-order chi connectivity index (χ0) is 15.3. The third-order valence-corrected chi connectivity index (χ3v) is 5.16. The van der Waals surface area contributed by atoms with Crippen LogP contribution in [0.4, 0.5) is 4.39 Å². The van der Waals surface area contributed by atoms with Gasteiger partial charge in [-0.2, -0.15) is 11.8 Å². The lowest BCUT2D eigenvalue weighted by atomic mass is 10.1. The summed E-state index contributed by atoms with van der Waals surface area (Å²) >= 11 is 1.65. The fraction of sp³-hybridized carbons (Fsp3) is 0.538. The first-order valence-electron chi connectivity index (χ1n) is 6.20. The van der Waals surface area contributed by atoms with Crippen LogP contribution in [0.2, 0.25) is 0 Å². The summed E-state index contributed by atoms with van der Waals surface area (Å²) in [7, 11) is -3.68. The van der Waals surface area contributed by atoms with E-state index in [1.165, 1.54) is 19.1 Å². The van der Waals surface area contributed by atoms with E-state index in [2.05, 4.69) is 4.72 Å². The summed E-state index contributed by atoms with van der Waals surface area (Å²) in [4.78, 5) is -0.0169. The molecule has 1 unspecified atom stereocenters. The number of aryl methyl sites for hydroxylation is 1. The minimum Gasteiger partial charge on any atom is -0.392 e. The summed E-state index contributed by atoms with van der Waals surface area (Å²) in [6.45, 7) is 3.23. The number of thioether (sulfide) groups is 1. The van der Waals surface area contributed by atoms with Crippen molar-refractivity contribution in [3.05, 3.63) is 29.1 Å². The molecule has 4 nitrogen and oxygen atoms in total. The van der Waals surface area contributed by atoms with Crippen molar-refractivity contribution >= 4 is 21.8 Å². The van der Waals surface area contributed by atoms with Crippen LogP contribution in [0, 0.1) is 18.7 Å². The van der Waals surface area contributed by atoms with E-state index in [0.717, 1.165) is 5.75 Å². The van der Waals surface area contributed by atoms with Crippen molar-refractivity contribution < 1.29 is 17.9 Å². The van der Waals surface area contributed by atoms with Crippen LogP contribution in [0.25, 0.3) is 0 Å². The molecule has 0 bridgehead atoms.